The van der Waals surface area contributed by atoms with Crippen molar-refractivity contribution in [1.82, 2.24) is 15.0 Å². The van der Waals surface area contributed by atoms with Crippen LogP contribution >= 0.6 is 0 Å². The predicted octanol–water partition coefficient (Wildman–Crippen LogP) is 0.919. The van der Waals surface area contributed by atoms with Crippen molar-refractivity contribution in [3.63, 3.8) is 0 Å². The number of anilines is 1. The van der Waals surface area contributed by atoms with Crippen LogP contribution in [0.3, 0.4) is 0 Å². The fourth-order valence-corrected chi connectivity index (χ4v) is 1.39. The van der Waals surface area contributed by atoms with E-state index in [1.807, 2.05) is 31.3 Å². The van der Waals surface area contributed by atoms with E-state index in [4.69, 9.17) is 5.11 Å². The zero-order valence-electron chi connectivity index (χ0n) is 9.09. The SMILES string of the molecule is Cn1nncc1CNc1ccc(CO)cc1. The van der Waals surface area contributed by atoms with E-state index in [1.165, 1.54) is 0 Å². The Labute approximate surface area is 93.7 Å². The van der Waals surface area contributed by atoms with Crippen LogP contribution < -0.4 is 5.32 Å². The van der Waals surface area contributed by atoms with Crippen LogP contribution in [0.25, 0.3) is 0 Å². The van der Waals surface area contributed by atoms with Crippen molar-refractivity contribution in [3.8, 4) is 0 Å². The highest BCUT2D eigenvalue weighted by atomic mass is 16.3. The molecule has 0 aliphatic rings. The van der Waals surface area contributed by atoms with Crippen LogP contribution in [0.15, 0.2) is 30.5 Å². The van der Waals surface area contributed by atoms with Gasteiger partial charge in [0, 0.05) is 12.7 Å². The fraction of sp³-hybridized carbons (Fsp3) is 0.273. The number of hydrogen-bond acceptors (Lipinski definition) is 4. The summed E-state index contributed by atoms with van der Waals surface area (Å²) in [6, 6.07) is 7.67. The lowest BCUT2D eigenvalue weighted by Crippen LogP contribution is -2.05. The van der Waals surface area contributed by atoms with E-state index in [0.29, 0.717) is 6.54 Å². The Balaban J connectivity index is 1.97. The molecule has 5 nitrogen and oxygen atoms in total. The van der Waals surface area contributed by atoms with Gasteiger partial charge in [-0.1, -0.05) is 17.3 Å². The number of nitrogens with zero attached hydrogens (tertiary/aromatic N) is 3. The van der Waals surface area contributed by atoms with E-state index >= 15 is 0 Å². The first kappa shape index (κ1) is 10.6. The molecule has 0 aliphatic heterocycles. The van der Waals surface area contributed by atoms with Crippen molar-refractivity contribution in [3.05, 3.63) is 41.7 Å². The Morgan fingerprint density at radius 3 is 2.62 bits per heavy atom. The highest BCUT2D eigenvalue weighted by molar-refractivity contribution is 5.44. The number of nitrogens with one attached hydrogen (secondary N) is 1. The smallest absolute Gasteiger partial charge is 0.0774 e. The normalized spacial score (nSPS) is 10.4. The average Bonchev–Trinajstić information content (AvgIpc) is 2.73. The molecule has 0 saturated heterocycles. The molecule has 0 atom stereocenters. The topological polar surface area (TPSA) is 63.0 Å². The summed E-state index contributed by atoms with van der Waals surface area (Å²) in [5, 5.41) is 19.8. The van der Waals surface area contributed by atoms with Crippen molar-refractivity contribution in [1.29, 1.82) is 0 Å². The molecule has 1 aromatic heterocycles. The lowest BCUT2D eigenvalue weighted by molar-refractivity contribution is 0.282. The maximum absolute atomic E-state index is 8.90. The molecule has 0 fully saturated rings. The first-order valence-electron chi connectivity index (χ1n) is 5.07. The van der Waals surface area contributed by atoms with Gasteiger partial charge in [0.2, 0.25) is 0 Å². The molecule has 0 spiro atoms. The molecule has 2 N–H and O–H groups in total. The summed E-state index contributed by atoms with van der Waals surface area (Å²) in [6.07, 6.45) is 1.73. The Kier molecular flexibility index (Phi) is 3.16. The predicted molar refractivity (Wildman–Crippen MR) is 60.7 cm³/mol. The lowest BCUT2D eigenvalue weighted by Gasteiger charge is -2.06. The second-order valence-corrected chi connectivity index (χ2v) is 3.56. The number of aryl methyl sites for hydroxylation is 1. The van der Waals surface area contributed by atoms with E-state index < -0.39 is 0 Å². The Bertz CT molecular complexity index is 449. The minimum Gasteiger partial charge on any atom is -0.392 e. The van der Waals surface area contributed by atoms with Crippen LogP contribution in [0.4, 0.5) is 5.69 Å². The van der Waals surface area contributed by atoms with E-state index in [9.17, 15) is 0 Å². The number of rotatable bonds is 4. The summed E-state index contributed by atoms with van der Waals surface area (Å²) in [4.78, 5) is 0. The Morgan fingerprint density at radius 1 is 1.31 bits per heavy atom. The number of benzene rings is 1. The zero-order valence-corrected chi connectivity index (χ0v) is 9.09. The van der Waals surface area contributed by atoms with Gasteiger partial charge in [0.25, 0.3) is 0 Å². The van der Waals surface area contributed by atoms with Gasteiger partial charge in [-0.3, -0.25) is 4.68 Å². The van der Waals surface area contributed by atoms with Gasteiger partial charge in [-0.15, -0.1) is 5.10 Å². The molecule has 0 bridgehead atoms. The molecule has 0 aliphatic carbocycles. The summed E-state index contributed by atoms with van der Waals surface area (Å²) in [5.74, 6) is 0. The lowest BCUT2D eigenvalue weighted by atomic mass is 10.2. The third kappa shape index (κ3) is 2.38. The molecule has 0 saturated carbocycles. The minimum atomic E-state index is 0.0753. The second kappa shape index (κ2) is 4.76. The van der Waals surface area contributed by atoms with E-state index in [0.717, 1.165) is 16.9 Å². The van der Waals surface area contributed by atoms with Crippen molar-refractivity contribution in [2.75, 3.05) is 5.32 Å². The van der Waals surface area contributed by atoms with Gasteiger partial charge in [-0.2, -0.15) is 0 Å². The van der Waals surface area contributed by atoms with Crippen LogP contribution in [-0.2, 0) is 20.2 Å². The number of hydrogen-bond donors (Lipinski definition) is 2. The number of aliphatic hydroxyl groups is 1. The standard InChI is InChI=1S/C11H14N4O/c1-15-11(7-13-14-15)6-12-10-4-2-9(8-16)3-5-10/h2-5,7,12,16H,6,8H2,1H3. The Morgan fingerprint density at radius 2 is 2.06 bits per heavy atom. The first-order chi connectivity index (χ1) is 7.79. The van der Waals surface area contributed by atoms with Crippen molar-refractivity contribution >= 4 is 5.69 Å². The monoisotopic (exact) mass is 218 g/mol. The van der Waals surface area contributed by atoms with Crippen molar-refractivity contribution in [2.24, 2.45) is 7.05 Å². The number of aromatic nitrogens is 3. The molecule has 2 rings (SSSR count). The fourth-order valence-electron chi connectivity index (χ4n) is 1.39. The largest absolute Gasteiger partial charge is 0.392 e. The van der Waals surface area contributed by atoms with Gasteiger partial charge in [0.1, 0.15) is 0 Å². The van der Waals surface area contributed by atoms with Gasteiger partial charge in [-0.05, 0) is 17.7 Å². The molecular formula is C11H14N4O. The van der Waals surface area contributed by atoms with Gasteiger partial charge in [0.05, 0.1) is 25.0 Å². The average molecular weight is 218 g/mol. The number of aliphatic hydroxyl groups excluding tert-OH is 1. The van der Waals surface area contributed by atoms with Gasteiger partial charge in [0.15, 0.2) is 0 Å². The molecule has 84 valence electrons. The molecule has 1 heterocycles. The summed E-state index contributed by atoms with van der Waals surface area (Å²) < 4.78 is 1.73. The quantitative estimate of drug-likeness (QED) is 0.801. The third-order valence-corrected chi connectivity index (χ3v) is 2.42. The Hall–Kier alpha value is -1.88. The third-order valence-electron chi connectivity index (χ3n) is 2.42. The molecule has 0 amide bonds. The summed E-state index contributed by atoms with van der Waals surface area (Å²) >= 11 is 0. The van der Waals surface area contributed by atoms with E-state index in [-0.39, 0.29) is 6.61 Å². The molecular weight excluding hydrogens is 204 g/mol. The van der Waals surface area contributed by atoms with Crippen molar-refractivity contribution in [2.45, 2.75) is 13.2 Å². The van der Waals surface area contributed by atoms with Gasteiger partial charge in [-0.25, -0.2) is 0 Å². The van der Waals surface area contributed by atoms with Crippen LogP contribution in [0.5, 0.6) is 0 Å². The van der Waals surface area contributed by atoms with Gasteiger partial charge < -0.3 is 10.4 Å². The zero-order chi connectivity index (χ0) is 11.4. The highest BCUT2D eigenvalue weighted by Crippen LogP contribution is 2.10. The summed E-state index contributed by atoms with van der Waals surface area (Å²) in [7, 11) is 1.86. The summed E-state index contributed by atoms with van der Waals surface area (Å²) in [5.41, 5.74) is 2.94. The molecule has 16 heavy (non-hydrogen) atoms. The second-order valence-electron chi connectivity index (χ2n) is 3.56. The molecule has 0 radical (unpaired) electrons. The highest BCUT2D eigenvalue weighted by Gasteiger charge is 1.99. The minimum absolute atomic E-state index is 0.0753. The molecule has 2 aromatic rings. The molecule has 0 unspecified atom stereocenters. The van der Waals surface area contributed by atoms with Crippen molar-refractivity contribution < 1.29 is 5.11 Å². The molecule has 1 aromatic carbocycles. The molecule has 5 heteroatoms. The maximum atomic E-state index is 8.90. The van der Waals surface area contributed by atoms with E-state index in [2.05, 4.69) is 15.6 Å². The van der Waals surface area contributed by atoms with Gasteiger partial charge >= 0.3 is 0 Å². The van der Waals surface area contributed by atoms with E-state index in [1.54, 1.807) is 10.9 Å². The van der Waals surface area contributed by atoms with Crippen LogP contribution in [0.2, 0.25) is 0 Å². The summed E-state index contributed by atoms with van der Waals surface area (Å²) in [6.45, 7) is 0.758. The maximum Gasteiger partial charge on any atom is 0.0774 e. The first-order valence-corrected chi connectivity index (χ1v) is 5.07. The van der Waals surface area contributed by atoms with Crippen LogP contribution in [0.1, 0.15) is 11.3 Å². The van der Waals surface area contributed by atoms with Crippen LogP contribution in [-0.4, -0.2) is 20.1 Å². The van der Waals surface area contributed by atoms with Crippen LogP contribution in [0, 0.1) is 0 Å².